The molecule has 0 unspecified atom stereocenters. The van der Waals surface area contributed by atoms with Gasteiger partial charge in [-0.25, -0.2) is 4.98 Å². The zero-order chi connectivity index (χ0) is 13.9. The summed E-state index contributed by atoms with van der Waals surface area (Å²) in [6, 6.07) is 1.42. The molecular formula is C11H14BrN3O4. The molecule has 1 aromatic heterocycles. The van der Waals surface area contributed by atoms with Gasteiger partial charge in [0.25, 0.3) is 0 Å². The Morgan fingerprint density at radius 3 is 2.89 bits per heavy atom. The average molecular weight is 332 g/mol. The summed E-state index contributed by atoms with van der Waals surface area (Å²) in [5.41, 5.74) is -0.0622. The second kappa shape index (κ2) is 5.81. The quantitative estimate of drug-likeness (QED) is 0.658. The maximum absolute atomic E-state index is 10.9. The first-order chi connectivity index (χ1) is 9.00. The molecule has 7 nitrogen and oxygen atoms in total. The molecule has 0 radical (unpaired) electrons. The number of nitrogens with zero attached hydrogens (tertiary/aromatic N) is 2. The highest BCUT2D eigenvalue weighted by Crippen LogP contribution is 2.26. The average Bonchev–Trinajstić information content (AvgIpc) is 2.78. The number of nitro groups is 1. The van der Waals surface area contributed by atoms with Gasteiger partial charge in [0.15, 0.2) is 5.79 Å². The Hall–Kier alpha value is -1.25. The van der Waals surface area contributed by atoms with Crippen LogP contribution in [0.25, 0.3) is 0 Å². The lowest BCUT2D eigenvalue weighted by molar-refractivity contribution is -0.384. The van der Waals surface area contributed by atoms with Gasteiger partial charge in [-0.3, -0.25) is 10.1 Å². The Labute approximate surface area is 118 Å². The van der Waals surface area contributed by atoms with E-state index in [1.54, 1.807) is 0 Å². The lowest BCUT2D eigenvalue weighted by Gasteiger charge is -2.22. The van der Waals surface area contributed by atoms with Gasteiger partial charge in [0.2, 0.25) is 5.82 Å². The molecule has 0 aliphatic carbocycles. The van der Waals surface area contributed by atoms with E-state index in [0.29, 0.717) is 30.7 Å². The SMILES string of the molecule is CC1(CCNc2ncc(Br)cc2[N+](=O)[O-])OCCO1. The zero-order valence-electron chi connectivity index (χ0n) is 10.4. The normalized spacial score (nSPS) is 17.4. The van der Waals surface area contributed by atoms with Crippen molar-refractivity contribution in [2.45, 2.75) is 19.1 Å². The summed E-state index contributed by atoms with van der Waals surface area (Å²) in [5, 5.41) is 13.9. The molecule has 1 fully saturated rings. The van der Waals surface area contributed by atoms with Crippen molar-refractivity contribution in [2.24, 2.45) is 0 Å². The van der Waals surface area contributed by atoms with Gasteiger partial charge in [-0.2, -0.15) is 0 Å². The van der Waals surface area contributed by atoms with Crippen LogP contribution in [0.4, 0.5) is 11.5 Å². The summed E-state index contributed by atoms with van der Waals surface area (Å²) in [5.74, 6) is -0.369. The lowest BCUT2D eigenvalue weighted by atomic mass is 10.2. The van der Waals surface area contributed by atoms with Gasteiger partial charge in [-0.15, -0.1) is 0 Å². The minimum absolute atomic E-state index is 0.0622. The largest absolute Gasteiger partial charge is 0.364 e. The molecule has 1 N–H and O–H groups in total. The van der Waals surface area contributed by atoms with Crippen LogP contribution in [0, 0.1) is 10.1 Å². The summed E-state index contributed by atoms with van der Waals surface area (Å²) >= 11 is 3.16. The van der Waals surface area contributed by atoms with Gasteiger partial charge in [-0.05, 0) is 22.9 Å². The first kappa shape index (κ1) is 14.2. The molecule has 1 aliphatic rings. The Morgan fingerprint density at radius 2 is 2.26 bits per heavy atom. The van der Waals surface area contributed by atoms with Crippen LogP contribution in [0.5, 0.6) is 0 Å². The van der Waals surface area contributed by atoms with Gasteiger partial charge < -0.3 is 14.8 Å². The minimum Gasteiger partial charge on any atom is -0.364 e. The highest BCUT2D eigenvalue weighted by molar-refractivity contribution is 9.10. The van der Waals surface area contributed by atoms with Crippen LogP contribution in [0.15, 0.2) is 16.7 Å². The fourth-order valence-corrected chi connectivity index (χ4v) is 2.13. The van der Waals surface area contributed by atoms with Crippen molar-refractivity contribution in [3.05, 3.63) is 26.9 Å². The summed E-state index contributed by atoms with van der Waals surface area (Å²) < 4.78 is 11.5. The topological polar surface area (TPSA) is 86.5 Å². The molecule has 0 amide bonds. The highest BCUT2D eigenvalue weighted by atomic mass is 79.9. The van der Waals surface area contributed by atoms with Crippen LogP contribution in [0.1, 0.15) is 13.3 Å². The van der Waals surface area contributed by atoms with Gasteiger partial charge in [0, 0.05) is 29.7 Å². The number of pyridine rings is 1. The number of halogens is 1. The number of hydrogen-bond acceptors (Lipinski definition) is 6. The van der Waals surface area contributed by atoms with Crippen LogP contribution >= 0.6 is 15.9 Å². The molecule has 104 valence electrons. The minimum atomic E-state index is -0.614. The highest BCUT2D eigenvalue weighted by Gasteiger charge is 2.30. The maximum Gasteiger partial charge on any atom is 0.312 e. The van der Waals surface area contributed by atoms with Crippen LogP contribution in [-0.2, 0) is 9.47 Å². The summed E-state index contributed by atoms with van der Waals surface area (Å²) in [6.07, 6.45) is 2.10. The fourth-order valence-electron chi connectivity index (χ4n) is 1.81. The predicted molar refractivity (Wildman–Crippen MR) is 72.0 cm³/mol. The van der Waals surface area contributed by atoms with Gasteiger partial charge in [-0.1, -0.05) is 0 Å². The Kier molecular flexibility index (Phi) is 4.33. The monoisotopic (exact) mass is 331 g/mol. The molecule has 19 heavy (non-hydrogen) atoms. The third-order valence-electron chi connectivity index (χ3n) is 2.80. The molecule has 8 heteroatoms. The molecule has 0 aromatic carbocycles. The van der Waals surface area contributed by atoms with E-state index in [0.717, 1.165) is 0 Å². The van der Waals surface area contributed by atoms with Crippen LogP contribution in [0.2, 0.25) is 0 Å². The molecule has 0 bridgehead atoms. The second-order valence-electron chi connectivity index (χ2n) is 4.29. The Bertz CT molecular complexity index is 477. The fraction of sp³-hybridized carbons (Fsp3) is 0.545. The molecule has 1 aliphatic heterocycles. The van der Waals surface area contributed by atoms with E-state index >= 15 is 0 Å². The third kappa shape index (κ3) is 3.62. The third-order valence-corrected chi connectivity index (χ3v) is 3.23. The van der Waals surface area contributed by atoms with Gasteiger partial charge in [0.05, 0.1) is 18.1 Å². The van der Waals surface area contributed by atoms with Crippen molar-refractivity contribution in [3.8, 4) is 0 Å². The molecule has 1 aromatic rings. The van der Waals surface area contributed by atoms with E-state index in [-0.39, 0.29) is 11.5 Å². The number of anilines is 1. The van der Waals surface area contributed by atoms with E-state index in [1.807, 2.05) is 6.92 Å². The van der Waals surface area contributed by atoms with Gasteiger partial charge >= 0.3 is 5.69 Å². The van der Waals surface area contributed by atoms with Crippen LogP contribution < -0.4 is 5.32 Å². The van der Waals surface area contributed by atoms with Crippen molar-refractivity contribution in [1.29, 1.82) is 0 Å². The molecule has 2 rings (SSSR count). The number of ether oxygens (including phenoxy) is 2. The summed E-state index contributed by atoms with van der Waals surface area (Å²) in [4.78, 5) is 14.4. The van der Waals surface area contributed by atoms with E-state index in [1.165, 1.54) is 12.3 Å². The van der Waals surface area contributed by atoms with E-state index in [4.69, 9.17) is 9.47 Å². The van der Waals surface area contributed by atoms with Crippen molar-refractivity contribution < 1.29 is 14.4 Å². The predicted octanol–water partition coefficient (Wildman–Crippen LogP) is 2.32. The molecule has 2 heterocycles. The van der Waals surface area contributed by atoms with Crippen molar-refractivity contribution >= 4 is 27.4 Å². The molecule has 0 atom stereocenters. The first-order valence-electron chi connectivity index (χ1n) is 5.82. The lowest BCUT2D eigenvalue weighted by Crippen LogP contribution is -2.28. The smallest absolute Gasteiger partial charge is 0.312 e. The van der Waals surface area contributed by atoms with Crippen molar-refractivity contribution in [3.63, 3.8) is 0 Å². The number of rotatable bonds is 5. The van der Waals surface area contributed by atoms with E-state index in [9.17, 15) is 10.1 Å². The van der Waals surface area contributed by atoms with Crippen LogP contribution in [-0.4, -0.2) is 35.5 Å². The standard InChI is InChI=1S/C11H14BrN3O4/c1-11(18-4-5-19-11)2-3-13-10-9(15(16)17)6-8(12)7-14-10/h6-7H,2-5H2,1H3,(H,13,14). The summed E-state index contributed by atoms with van der Waals surface area (Å²) in [6.45, 7) is 3.48. The zero-order valence-corrected chi connectivity index (χ0v) is 12.0. The van der Waals surface area contributed by atoms with Crippen molar-refractivity contribution in [1.82, 2.24) is 4.98 Å². The molecule has 0 saturated carbocycles. The molecule has 0 spiro atoms. The Morgan fingerprint density at radius 1 is 1.58 bits per heavy atom. The second-order valence-corrected chi connectivity index (χ2v) is 5.20. The van der Waals surface area contributed by atoms with Gasteiger partial charge in [0.1, 0.15) is 0 Å². The first-order valence-corrected chi connectivity index (χ1v) is 6.61. The number of nitrogens with one attached hydrogen (secondary N) is 1. The van der Waals surface area contributed by atoms with E-state index < -0.39 is 10.7 Å². The van der Waals surface area contributed by atoms with Crippen molar-refractivity contribution in [2.75, 3.05) is 25.1 Å². The molecular weight excluding hydrogens is 318 g/mol. The number of hydrogen-bond donors (Lipinski definition) is 1. The maximum atomic E-state index is 10.9. The molecule has 1 saturated heterocycles. The Balaban J connectivity index is 1.97. The summed E-state index contributed by atoms with van der Waals surface area (Å²) in [7, 11) is 0. The van der Waals surface area contributed by atoms with Crippen LogP contribution in [0.3, 0.4) is 0 Å². The number of aromatic nitrogens is 1. The van der Waals surface area contributed by atoms with E-state index in [2.05, 4.69) is 26.2 Å².